The molecule has 132 valence electrons. The van der Waals surface area contributed by atoms with Crippen LogP contribution in [0, 0.1) is 11.8 Å². The number of methoxy groups -OCH3 is 1. The van der Waals surface area contributed by atoms with Crippen LogP contribution in [0.25, 0.3) is 0 Å². The zero-order chi connectivity index (χ0) is 16.1. The zero-order valence-corrected chi connectivity index (χ0v) is 14.7. The number of ether oxygens (including phenoxy) is 2. The van der Waals surface area contributed by atoms with Gasteiger partial charge in [0.05, 0.1) is 5.60 Å². The Morgan fingerprint density at radius 3 is 2.61 bits per heavy atom. The molecule has 2 aliphatic heterocycles. The third-order valence-corrected chi connectivity index (χ3v) is 6.27. The summed E-state index contributed by atoms with van der Waals surface area (Å²) < 4.78 is 11.5. The fraction of sp³-hybridized carbons (Fsp3) is 0.947. The number of piperidine rings is 1. The molecule has 1 saturated carbocycles. The molecule has 23 heavy (non-hydrogen) atoms. The Kier molecular flexibility index (Phi) is 5.97. The first-order chi connectivity index (χ1) is 11.2. The molecule has 3 fully saturated rings. The van der Waals surface area contributed by atoms with Crippen LogP contribution in [0.1, 0.15) is 64.2 Å². The summed E-state index contributed by atoms with van der Waals surface area (Å²) in [6.45, 7) is 3.52. The third-order valence-electron chi connectivity index (χ3n) is 6.27. The van der Waals surface area contributed by atoms with Crippen molar-refractivity contribution in [2.45, 2.75) is 69.8 Å². The van der Waals surface area contributed by atoms with E-state index in [1.807, 2.05) is 0 Å². The van der Waals surface area contributed by atoms with Gasteiger partial charge in [0.1, 0.15) is 0 Å². The van der Waals surface area contributed by atoms with Crippen molar-refractivity contribution < 1.29 is 14.3 Å². The number of hydrogen-bond acceptors (Lipinski definition) is 3. The van der Waals surface area contributed by atoms with Crippen molar-refractivity contribution in [1.29, 1.82) is 0 Å². The molecule has 1 spiro atoms. The summed E-state index contributed by atoms with van der Waals surface area (Å²) in [6, 6.07) is 0. The lowest BCUT2D eigenvalue weighted by Gasteiger charge is -2.47. The second kappa shape index (κ2) is 7.98. The second-order valence-electron chi connectivity index (χ2n) is 7.83. The van der Waals surface area contributed by atoms with E-state index >= 15 is 0 Å². The highest BCUT2D eigenvalue weighted by atomic mass is 16.5. The van der Waals surface area contributed by atoms with E-state index in [4.69, 9.17) is 9.47 Å². The lowest BCUT2D eigenvalue weighted by atomic mass is 9.78. The Hall–Kier alpha value is -0.610. The summed E-state index contributed by atoms with van der Waals surface area (Å²) in [4.78, 5) is 14.8. The predicted octanol–water partition coefficient (Wildman–Crippen LogP) is 3.39. The van der Waals surface area contributed by atoms with Crippen LogP contribution in [0.15, 0.2) is 0 Å². The van der Waals surface area contributed by atoms with E-state index in [0.29, 0.717) is 11.8 Å². The number of carbonyl (C=O) groups excluding carboxylic acids is 1. The molecule has 2 heterocycles. The van der Waals surface area contributed by atoms with Gasteiger partial charge in [-0.05, 0) is 50.9 Å². The standard InChI is InChI=1S/C19H33NO3/c1-22-13-7-16-8-14-23-19(15-16)9-11-20(12-10-19)18(21)17-5-3-2-4-6-17/h16-17H,2-15H2,1H3. The normalized spacial score (nSPS) is 28.9. The van der Waals surface area contributed by atoms with Crippen LogP contribution in [-0.4, -0.2) is 49.8 Å². The number of carbonyl (C=O) groups is 1. The Balaban J connectivity index is 1.49. The Morgan fingerprint density at radius 1 is 1.17 bits per heavy atom. The van der Waals surface area contributed by atoms with E-state index in [-0.39, 0.29) is 5.60 Å². The van der Waals surface area contributed by atoms with Crippen molar-refractivity contribution in [2.24, 2.45) is 11.8 Å². The van der Waals surface area contributed by atoms with Gasteiger partial charge in [-0.3, -0.25) is 4.79 Å². The Bertz CT molecular complexity index is 384. The zero-order valence-electron chi connectivity index (χ0n) is 14.7. The van der Waals surface area contributed by atoms with Gasteiger partial charge in [0.2, 0.25) is 5.91 Å². The molecule has 4 nitrogen and oxygen atoms in total. The largest absolute Gasteiger partial charge is 0.385 e. The molecule has 1 unspecified atom stereocenters. The molecule has 0 aromatic carbocycles. The highest BCUT2D eigenvalue weighted by molar-refractivity contribution is 5.79. The first kappa shape index (κ1) is 17.2. The lowest BCUT2D eigenvalue weighted by Crippen LogP contribution is -2.52. The first-order valence-electron chi connectivity index (χ1n) is 9.64. The van der Waals surface area contributed by atoms with Gasteiger partial charge in [-0.15, -0.1) is 0 Å². The minimum absolute atomic E-state index is 0.0417. The number of likely N-dealkylation sites (tertiary alicyclic amines) is 1. The molecule has 0 aromatic heterocycles. The maximum Gasteiger partial charge on any atom is 0.225 e. The molecule has 2 saturated heterocycles. The molecule has 1 atom stereocenters. The monoisotopic (exact) mass is 323 g/mol. The number of hydrogen-bond donors (Lipinski definition) is 0. The minimum atomic E-state index is 0.0417. The van der Waals surface area contributed by atoms with Gasteiger partial charge in [-0.25, -0.2) is 0 Å². The molecule has 0 N–H and O–H groups in total. The summed E-state index contributed by atoms with van der Waals surface area (Å²) >= 11 is 0. The molecule has 1 aliphatic carbocycles. The molecule has 1 amide bonds. The molecular weight excluding hydrogens is 290 g/mol. The van der Waals surface area contributed by atoms with Gasteiger partial charge in [0.25, 0.3) is 0 Å². The fourth-order valence-corrected chi connectivity index (χ4v) is 4.75. The van der Waals surface area contributed by atoms with Gasteiger partial charge >= 0.3 is 0 Å². The van der Waals surface area contributed by atoms with Crippen LogP contribution < -0.4 is 0 Å². The summed E-state index contributed by atoms with van der Waals surface area (Å²) in [5.41, 5.74) is 0.0417. The smallest absolute Gasteiger partial charge is 0.225 e. The third kappa shape index (κ3) is 4.27. The van der Waals surface area contributed by atoms with Gasteiger partial charge in [-0.1, -0.05) is 19.3 Å². The van der Waals surface area contributed by atoms with Crippen LogP contribution in [0.5, 0.6) is 0 Å². The Morgan fingerprint density at radius 2 is 1.91 bits per heavy atom. The number of amides is 1. The van der Waals surface area contributed by atoms with Crippen LogP contribution >= 0.6 is 0 Å². The summed E-state index contributed by atoms with van der Waals surface area (Å²) in [6.07, 6.45) is 11.5. The van der Waals surface area contributed by atoms with E-state index in [0.717, 1.165) is 77.2 Å². The maximum absolute atomic E-state index is 12.7. The average Bonchev–Trinajstić information content (AvgIpc) is 2.61. The highest BCUT2D eigenvalue weighted by Gasteiger charge is 2.41. The first-order valence-corrected chi connectivity index (χ1v) is 9.64. The fourth-order valence-electron chi connectivity index (χ4n) is 4.75. The molecular formula is C19H33NO3. The molecule has 4 heteroatoms. The number of nitrogens with zero attached hydrogens (tertiary/aromatic N) is 1. The van der Waals surface area contributed by atoms with E-state index in [1.54, 1.807) is 7.11 Å². The maximum atomic E-state index is 12.7. The lowest BCUT2D eigenvalue weighted by molar-refractivity contribution is -0.151. The quantitative estimate of drug-likeness (QED) is 0.796. The van der Waals surface area contributed by atoms with E-state index in [1.165, 1.54) is 19.3 Å². The van der Waals surface area contributed by atoms with Gasteiger partial charge < -0.3 is 14.4 Å². The average molecular weight is 323 g/mol. The molecule has 3 aliphatic rings. The van der Waals surface area contributed by atoms with E-state index in [9.17, 15) is 4.79 Å². The SMILES string of the molecule is COCCC1CCOC2(CCN(C(=O)C3CCCCC3)CC2)C1. The summed E-state index contributed by atoms with van der Waals surface area (Å²) in [5.74, 6) is 1.45. The molecule has 0 radical (unpaired) electrons. The van der Waals surface area contributed by atoms with Crippen molar-refractivity contribution in [2.75, 3.05) is 33.4 Å². The second-order valence-corrected chi connectivity index (χ2v) is 7.83. The predicted molar refractivity (Wildman–Crippen MR) is 90.3 cm³/mol. The van der Waals surface area contributed by atoms with Gasteiger partial charge in [0, 0.05) is 39.3 Å². The Labute approximate surface area is 140 Å². The van der Waals surface area contributed by atoms with E-state index < -0.39 is 0 Å². The highest BCUT2D eigenvalue weighted by Crippen LogP contribution is 2.39. The summed E-state index contributed by atoms with van der Waals surface area (Å²) in [5, 5.41) is 0. The topological polar surface area (TPSA) is 38.8 Å². The van der Waals surface area contributed by atoms with Crippen LogP contribution in [0.3, 0.4) is 0 Å². The van der Waals surface area contributed by atoms with Crippen LogP contribution in [-0.2, 0) is 14.3 Å². The van der Waals surface area contributed by atoms with Crippen LogP contribution in [0.4, 0.5) is 0 Å². The van der Waals surface area contributed by atoms with Crippen molar-refractivity contribution in [1.82, 2.24) is 4.90 Å². The molecule has 0 aromatic rings. The summed E-state index contributed by atoms with van der Waals surface area (Å²) in [7, 11) is 1.78. The van der Waals surface area contributed by atoms with Crippen molar-refractivity contribution >= 4 is 5.91 Å². The number of rotatable bonds is 4. The van der Waals surface area contributed by atoms with Gasteiger partial charge in [0.15, 0.2) is 0 Å². The molecule has 3 rings (SSSR count). The van der Waals surface area contributed by atoms with E-state index in [2.05, 4.69) is 4.90 Å². The minimum Gasteiger partial charge on any atom is -0.385 e. The van der Waals surface area contributed by atoms with Crippen molar-refractivity contribution in [3.63, 3.8) is 0 Å². The van der Waals surface area contributed by atoms with Crippen molar-refractivity contribution in [3.8, 4) is 0 Å². The molecule has 0 bridgehead atoms. The van der Waals surface area contributed by atoms with Crippen molar-refractivity contribution in [3.05, 3.63) is 0 Å². The van der Waals surface area contributed by atoms with Crippen LogP contribution in [0.2, 0.25) is 0 Å². The van der Waals surface area contributed by atoms with Gasteiger partial charge in [-0.2, -0.15) is 0 Å².